The number of nitrogens with zero attached hydrogens (tertiary/aromatic N) is 1. The van der Waals surface area contributed by atoms with Crippen LogP contribution in [0.25, 0.3) is 0 Å². The number of hydrogen-bond acceptors (Lipinski definition) is 4. The molecule has 0 fully saturated rings. The van der Waals surface area contributed by atoms with Gasteiger partial charge >= 0.3 is 6.03 Å². The molecule has 0 aliphatic rings. The molecule has 1 rings (SSSR count). The van der Waals surface area contributed by atoms with E-state index in [1.54, 1.807) is 6.08 Å². The van der Waals surface area contributed by atoms with Crippen LogP contribution >= 0.6 is 0 Å². The Morgan fingerprint density at radius 2 is 2.00 bits per heavy atom. The quantitative estimate of drug-likeness (QED) is 0.715. The summed E-state index contributed by atoms with van der Waals surface area (Å²) in [7, 11) is 1.82. The standard InChI is InChI=1S/C16H23N3O3/c1-4-10-17-16(21)18-15(20)12-19(3)11-13-6-8-14(9-7-13)22-5-2/h4,6-9H,1,5,10-12H2,2-3H3,(H2,17,18,20,21). The molecular formula is C16H23N3O3. The molecule has 0 radical (unpaired) electrons. The lowest BCUT2D eigenvalue weighted by Crippen LogP contribution is -2.43. The molecule has 2 N–H and O–H groups in total. The summed E-state index contributed by atoms with van der Waals surface area (Å²) in [5, 5.41) is 4.74. The number of benzene rings is 1. The van der Waals surface area contributed by atoms with Gasteiger partial charge in [0.1, 0.15) is 5.75 Å². The van der Waals surface area contributed by atoms with Gasteiger partial charge in [-0.15, -0.1) is 6.58 Å². The third-order valence-corrected chi connectivity index (χ3v) is 2.76. The van der Waals surface area contributed by atoms with Gasteiger partial charge in [0.05, 0.1) is 13.2 Å². The molecule has 0 heterocycles. The van der Waals surface area contributed by atoms with E-state index in [1.165, 1.54) is 0 Å². The fourth-order valence-electron chi connectivity index (χ4n) is 1.85. The molecule has 0 aliphatic carbocycles. The second-order valence-electron chi connectivity index (χ2n) is 4.80. The zero-order valence-corrected chi connectivity index (χ0v) is 13.1. The number of rotatable bonds is 8. The van der Waals surface area contributed by atoms with Crippen LogP contribution in [0.2, 0.25) is 0 Å². The van der Waals surface area contributed by atoms with Crippen molar-refractivity contribution < 1.29 is 14.3 Å². The highest BCUT2D eigenvalue weighted by molar-refractivity contribution is 5.95. The van der Waals surface area contributed by atoms with Crippen LogP contribution in [-0.4, -0.2) is 43.6 Å². The van der Waals surface area contributed by atoms with Crippen molar-refractivity contribution in [2.45, 2.75) is 13.5 Å². The van der Waals surface area contributed by atoms with Gasteiger partial charge in [-0.2, -0.15) is 0 Å². The molecule has 0 bridgehead atoms. The fraction of sp³-hybridized carbons (Fsp3) is 0.375. The first-order chi connectivity index (χ1) is 10.5. The summed E-state index contributed by atoms with van der Waals surface area (Å²) < 4.78 is 5.38. The summed E-state index contributed by atoms with van der Waals surface area (Å²) in [5.41, 5.74) is 1.06. The molecule has 3 amide bonds. The maximum Gasteiger partial charge on any atom is 0.321 e. The molecule has 0 saturated carbocycles. The van der Waals surface area contributed by atoms with E-state index in [9.17, 15) is 9.59 Å². The molecule has 0 atom stereocenters. The van der Waals surface area contributed by atoms with Crippen molar-refractivity contribution in [3.05, 3.63) is 42.5 Å². The Hall–Kier alpha value is -2.34. The molecular weight excluding hydrogens is 282 g/mol. The molecule has 6 nitrogen and oxygen atoms in total. The van der Waals surface area contributed by atoms with E-state index >= 15 is 0 Å². The van der Waals surface area contributed by atoms with Gasteiger partial charge in [0.2, 0.25) is 5.91 Å². The van der Waals surface area contributed by atoms with E-state index in [4.69, 9.17) is 4.74 Å². The van der Waals surface area contributed by atoms with E-state index in [1.807, 2.05) is 43.1 Å². The summed E-state index contributed by atoms with van der Waals surface area (Å²) >= 11 is 0. The topological polar surface area (TPSA) is 70.7 Å². The number of likely N-dealkylation sites (N-methyl/N-ethyl adjacent to an activating group) is 1. The minimum absolute atomic E-state index is 0.134. The summed E-state index contributed by atoms with van der Waals surface area (Å²) in [6.45, 7) is 7.11. The van der Waals surface area contributed by atoms with E-state index in [0.717, 1.165) is 11.3 Å². The van der Waals surface area contributed by atoms with Crippen LogP contribution in [-0.2, 0) is 11.3 Å². The number of amides is 3. The predicted octanol–water partition coefficient (Wildman–Crippen LogP) is 1.53. The van der Waals surface area contributed by atoms with E-state index in [0.29, 0.717) is 19.7 Å². The number of carbonyl (C=O) groups excluding carboxylic acids is 2. The molecule has 0 saturated heterocycles. The zero-order valence-electron chi connectivity index (χ0n) is 13.1. The van der Waals surface area contributed by atoms with Crippen LogP contribution in [0.15, 0.2) is 36.9 Å². The molecule has 0 unspecified atom stereocenters. The maximum atomic E-state index is 11.7. The number of carbonyl (C=O) groups is 2. The van der Waals surface area contributed by atoms with Gasteiger partial charge in [0, 0.05) is 13.1 Å². The molecule has 0 aliphatic heterocycles. The van der Waals surface area contributed by atoms with Gasteiger partial charge in [-0.1, -0.05) is 18.2 Å². The van der Waals surface area contributed by atoms with Crippen LogP contribution in [0, 0.1) is 0 Å². The Labute approximate surface area is 131 Å². The Balaban J connectivity index is 2.38. The van der Waals surface area contributed by atoms with Gasteiger partial charge in [-0.25, -0.2) is 4.79 Å². The summed E-state index contributed by atoms with van der Waals surface area (Å²) in [6, 6.07) is 7.19. The van der Waals surface area contributed by atoms with Gasteiger partial charge in [0.25, 0.3) is 0 Å². The fourth-order valence-corrected chi connectivity index (χ4v) is 1.85. The Morgan fingerprint density at radius 1 is 1.32 bits per heavy atom. The van der Waals surface area contributed by atoms with Crippen LogP contribution in [0.3, 0.4) is 0 Å². The highest BCUT2D eigenvalue weighted by atomic mass is 16.5. The average Bonchev–Trinajstić information content (AvgIpc) is 2.47. The van der Waals surface area contributed by atoms with Gasteiger partial charge in [-0.05, 0) is 31.7 Å². The van der Waals surface area contributed by atoms with Gasteiger partial charge in [0.15, 0.2) is 0 Å². The second-order valence-corrected chi connectivity index (χ2v) is 4.80. The van der Waals surface area contributed by atoms with Crippen LogP contribution in [0.1, 0.15) is 12.5 Å². The lowest BCUT2D eigenvalue weighted by molar-refractivity contribution is -0.120. The average molecular weight is 305 g/mol. The zero-order chi connectivity index (χ0) is 16.4. The van der Waals surface area contributed by atoms with Crippen molar-refractivity contribution in [1.82, 2.24) is 15.5 Å². The van der Waals surface area contributed by atoms with Crippen LogP contribution in [0.5, 0.6) is 5.75 Å². The Kier molecular flexibility index (Phi) is 7.70. The molecule has 0 aromatic heterocycles. The normalized spacial score (nSPS) is 10.1. The van der Waals surface area contributed by atoms with Crippen molar-refractivity contribution in [2.75, 3.05) is 26.7 Å². The lowest BCUT2D eigenvalue weighted by atomic mass is 10.2. The lowest BCUT2D eigenvalue weighted by Gasteiger charge is -2.16. The molecule has 1 aromatic carbocycles. The molecule has 22 heavy (non-hydrogen) atoms. The highest BCUT2D eigenvalue weighted by Crippen LogP contribution is 2.13. The molecule has 1 aromatic rings. The third kappa shape index (κ3) is 6.90. The number of ether oxygens (including phenoxy) is 1. The first-order valence-electron chi connectivity index (χ1n) is 7.14. The highest BCUT2D eigenvalue weighted by Gasteiger charge is 2.10. The maximum absolute atomic E-state index is 11.7. The van der Waals surface area contributed by atoms with Crippen LogP contribution in [0.4, 0.5) is 4.79 Å². The minimum Gasteiger partial charge on any atom is -0.494 e. The summed E-state index contributed by atoms with van der Waals surface area (Å²) in [6.07, 6.45) is 1.54. The minimum atomic E-state index is -0.514. The van der Waals surface area contributed by atoms with Crippen molar-refractivity contribution >= 4 is 11.9 Å². The van der Waals surface area contributed by atoms with E-state index in [2.05, 4.69) is 17.2 Å². The van der Waals surface area contributed by atoms with Crippen molar-refractivity contribution in [3.63, 3.8) is 0 Å². The first-order valence-corrected chi connectivity index (χ1v) is 7.14. The smallest absolute Gasteiger partial charge is 0.321 e. The largest absolute Gasteiger partial charge is 0.494 e. The Bertz CT molecular complexity index is 500. The number of hydrogen-bond donors (Lipinski definition) is 2. The third-order valence-electron chi connectivity index (χ3n) is 2.76. The molecule has 0 spiro atoms. The predicted molar refractivity (Wildman–Crippen MR) is 85.7 cm³/mol. The second kappa shape index (κ2) is 9.57. The number of nitrogens with one attached hydrogen (secondary N) is 2. The Morgan fingerprint density at radius 3 is 2.59 bits per heavy atom. The van der Waals surface area contributed by atoms with Crippen LogP contribution < -0.4 is 15.4 Å². The molecule has 6 heteroatoms. The molecule has 120 valence electrons. The summed E-state index contributed by atoms with van der Waals surface area (Å²) in [4.78, 5) is 24.9. The van der Waals surface area contributed by atoms with Crippen molar-refractivity contribution in [1.29, 1.82) is 0 Å². The van der Waals surface area contributed by atoms with Crippen molar-refractivity contribution in [2.24, 2.45) is 0 Å². The SMILES string of the molecule is C=CCNC(=O)NC(=O)CN(C)Cc1ccc(OCC)cc1. The monoisotopic (exact) mass is 305 g/mol. The van der Waals surface area contributed by atoms with E-state index in [-0.39, 0.29) is 12.5 Å². The summed E-state index contributed by atoms with van der Waals surface area (Å²) in [5.74, 6) is 0.473. The first kappa shape index (κ1) is 17.7. The number of imide groups is 1. The van der Waals surface area contributed by atoms with Gasteiger partial charge in [-0.3, -0.25) is 15.0 Å². The van der Waals surface area contributed by atoms with Gasteiger partial charge < -0.3 is 10.1 Å². The number of urea groups is 1. The van der Waals surface area contributed by atoms with E-state index < -0.39 is 6.03 Å². The van der Waals surface area contributed by atoms with Crippen molar-refractivity contribution in [3.8, 4) is 5.75 Å².